The van der Waals surface area contributed by atoms with Crippen molar-refractivity contribution in [1.82, 2.24) is 5.32 Å². The van der Waals surface area contributed by atoms with E-state index in [4.69, 9.17) is 5.26 Å². The molecule has 0 fully saturated rings. The quantitative estimate of drug-likeness (QED) is 0.763. The molecule has 1 rings (SSSR count). The molecular formula is C11H10N2O. The highest BCUT2D eigenvalue weighted by molar-refractivity contribution is 5.84. The fourth-order valence-corrected chi connectivity index (χ4v) is 1.06. The molecule has 0 aliphatic carbocycles. The normalized spacial score (nSPS) is 8.86. The van der Waals surface area contributed by atoms with Gasteiger partial charge in [-0.15, -0.1) is 0 Å². The third-order valence-electron chi connectivity index (χ3n) is 1.67. The first-order chi connectivity index (χ1) is 6.63. The minimum atomic E-state index is -0.169. The van der Waals surface area contributed by atoms with Crippen LogP contribution in [0, 0.1) is 11.3 Å². The van der Waals surface area contributed by atoms with Gasteiger partial charge >= 0.3 is 0 Å². The second-order valence-electron chi connectivity index (χ2n) is 2.85. The van der Waals surface area contributed by atoms with Crippen molar-refractivity contribution in [2.75, 3.05) is 0 Å². The Morgan fingerprint density at radius 3 is 2.86 bits per heavy atom. The van der Waals surface area contributed by atoms with Crippen LogP contribution in [0.15, 0.2) is 30.8 Å². The minimum absolute atomic E-state index is 0.169. The fraction of sp³-hybridized carbons (Fsp3) is 0.0909. The molecule has 0 saturated carbocycles. The van der Waals surface area contributed by atoms with Gasteiger partial charge < -0.3 is 5.32 Å². The average molecular weight is 186 g/mol. The van der Waals surface area contributed by atoms with Gasteiger partial charge in [-0.3, -0.25) is 4.79 Å². The SMILES string of the molecule is C=C(NC(C)=O)c1cccc(C#N)c1. The standard InChI is InChI=1S/C11H10N2O/c1-8(13-9(2)14)11-5-3-4-10(6-11)7-12/h3-6H,1H2,2H3,(H,13,14). The van der Waals surface area contributed by atoms with Crippen molar-refractivity contribution in [3.63, 3.8) is 0 Å². The summed E-state index contributed by atoms with van der Waals surface area (Å²) in [6.45, 7) is 5.12. The van der Waals surface area contributed by atoms with Crippen molar-refractivity contribution in [3.05, 3.63) is 42.0 Å². The van der Waals surface area contributed by atoms with Crippen molar-refractivity contribution in [3.8, 4) is 6.07 Å². The predicted molar refractivity (Wildman–Crippen MR) is 54.0 cm³/mol. The van der Waals surface area contributed by atoms with Crippen molar-refractivity contribution < 1.29 is 4.79 Å². The first-order valence-electron chi connectivity index (χ1n) is 4.10. The van der Waals surface area contributed by atoms with Gasteiger partial charge in [-0.1, -0.05) is 18.7 Å². The molecule has 3 nitrogen and oxygen atoms in total. The number of hydrogen-bond acceptors (Lipinski definition) is 2. The molecule has 0 unspecified atom stereocenters. The summed E-state index contributed by atoms with van der Waals surface area (Å²) < 4.78 is 0. The molecule has 14 heavy (non-hydrogen) atoms. The second-order valence-corrected chi connectivity index (χ2v) is 2.85. The van der Waals surface area contributed by atoms with E-state index in [1.807, 2.05) is 6.07 Å². The third-order valence-corrected chi connectivity index (χ3v) is 1.67. The van der Waals surface area contributed by atoms with Crippen molar-refractivity contribution in [2.24, 2.45) is 0 Å². The molecule has 0 atom stereocenters. The molecule has 0 aliphatic heterocycles. The van der Waals surface area contributed by atoms with Gasteiger partial charge in [0.1, 0.15) is 0 Å². The highest BCUT2D eigenvalue weighted by Crippen LogP contribution is 2.10. The van der Waals surface area contributed by atoms with E-state index in [1.165, 1.54) is 6.92 Å². The minimum Gasteiger partial charge on any atom is -0.326 e. The van der Waals surface area contributed by atoms with Gasteiger partial charge in [0, 0.05) is 12.6 Å². The number of benzene rings is 1. The number of nitrogens with zero attached hydrogens (tertiary/aromatic N) is 1. The van der Waals surface area contributed by atoms with Gasteiger partial charge in [-0.2, -0.15) is 5.26 Å². The van der Waals surface area contributed by atoms with E-state index < -0.39 is 0 Å². The maximum Gasteiger partial charge on any atom is 0.221 e. The van der Waals surface area contributed by atoms with Crippen LogP contribution in [0.4, 0.5) is 0 Å². The lowest BCUT2D eigenvalue weighted by Gasteiger charge is -2.05. The number of nitriles is 1. The number of nitrogens with one attached hydrogen (secondary N) is 1. The lowest BCUT2D eigenvalue weighted by molar-refractivity contribution is -0.117. The molecular weight excluding hydrogens is 176 g/mol. The molecule has 0 aromatic heterocycles. The predicted octanol–water partition coefficient (Wildman–Crippen LogP) is 1.67. The van der Waals surface area contributed by atoms with Crippen LogP contribution >= 0.6 is 0 Å². The van der Waals surface area contributed by atoms with E-state index in [-0.39, 0.29) is 5.91 Å². The smallest absolute Gasteiger partial charge is 0.221 e. The molecule has 3 heteroatoms. The Labute approximate surface area is 82.7 Å². The highest BCUT2D eigenvalue weighted by Gasteiger charge is 2.00. The van der Waals surface area contributed by atoms with E-state index >= 15 is 0 Å². The van der Waals surface area contributed by atoms with E-state index in [9.17, 15) is 4.79 Å². The first kappa shape index (κ1) is 10.0. The molecule has 70 valence electrons. The van der Waals surface area contributed by atoms with Crippen LogP contribution in [-0.2, 0) is 4.79 Å². The molecule has 1 amide bonds. The van der Waals surface area contributed by atoms with Crippen molar-refractivity contribution >= 4 is 11.6 Å². The summed E-state index contributed by atoms with van der Waals surface area (Å²) in [5, 5.41) is 11.2. The Morgan fingerprint density at radius 1 is 1.57 bits per heavy atom. The Kier molecular flexibility index (Phi) is 3.03. The Hall–Kier alpha value is -2.08. The van der Waals surface area contributed by atoms with Crippen LogP contribution in [0.3, 0.4) is 0 Å². The third kappa shape index (κ3) is 2.46. The number of hydrogen-bond donors (Lipinski definition) is 1. The van der Waals surface area contributed by atoms with E-state index in [0.29, 0.717) is 11.3 Å². The Morgan fingerprint density at radius 2 is 2.29 bits per heavy atom. The highest BCUT2D eigenvalue weighted by atomic mass is 16.1. The zero-order valence-corrected chi connectivity index (χ0v) is 7.87. The first-order valence-corrected chi connectivity index (χ1v) is 4.10. The van der Waals surface area contributed by atoms with Gasteiger partial charge in [0.25, 0.3) is 0 Å². The topological polar surface area (TPSA) is 52.9 Å². The number of carbonyl (C=O) groups is 1. The summed E-state index contributed by atoms with van der Waals surface area (Å²) in [5.41, 5.74) is 1.81. The molecule has 0 spiro atoms. The van der Waals surface area contributed by atoms with Crippen molar-refractivity contribution in [2.45, 2.75) is 6.92 Å². The largest absolute Gasteiger partial charge is 0.326 e. The van der Waals surface area contributed by atoms with Crippen LogP contribution in [0.1, 0.15) is 18.1 Å². The summed E-state index contributed by atoms with van der Waals surface area (Å²) in [5.74, 6) is -0.169. The maximum absolute atomic E-state index is 10.7. The van der Waals surface area contributed by atoms with E-state index in [2.05, 4.69) is 11.9 Å². The van der Waals surface area contributed by atoms with Gasteiger partial charge in [-0.05, 0) is 17.7 Å². The monoisotopic (exact) mass is 186 g/mol. The lowest BCUT2D eigenvalue weighted by atomic mass is 10.1. The second kappa shape index (κ2) is 4.24. The molecule has 0 aliphatic rings. The van der Waals surface area contributed by atoms with Crippen LogP contribution < -0.4 is 5.32 Å². The molecule has 0 saturated heterocycles. The van der Waals surface area contributed by atoms with Crippen LogP contribution in [0.2, 0.25) is 0 Å². The van der Waals surface area contributed by atoms with E-state index in [1.54, 1.807) is 24.3 Å². The van der Waals surface area contributed by atoms with Crippen LogP contribution in [0.5, 0.6) is 0 Å². The van der Waals surface area contributed by atoms with Gasteiger partial charge in [0.2, 0.25) is 5.91 Å². The maximum atomic E-state index is 10.7. The molecule has 0 radical (unpaired) electrons. The molecule has 0 heterocycles. The Bertz CT molecular complexity index is 416. The zero-order valence-electron chi connectivity index (χ0n) is 7.87. The van der Waals surface area contributed by atoms with Gasteiger partial charge in [0.15, 0.2) is 0 Å². The summed E-state index contributed by atoms with van der Waals surface area (Å²) in [7, 11) is 0. The zero-order chi connectivity index (χ0) is 10.6. The van der Waals surface area contributed by atoms with Crippen LogP contribution in [0.25, 0.3) is 5.70 Å². The average Bonchev–Trinajstić information content (AvgIpc) is 2.17. The van der Waals surface area contributed by atoms with Crippen molar-refractivity contribution in [1.29, 1.82) is 5.26 Å². The van der Waals surface area contributed by atoms with Crippen LogP contribution in [-0.4, -0.2) is 5.91 Å². The van der Waals surface area contributed by atoms with Gasteiger partial charge in [-0.25, -0.2) is 0 Å². The lowest BCUT2D eigenvalue weighted by Crippen LogP contribution is -2.17. The van der Waals surface area contributed by atoms with Gasteiger partial charge in [0.05, 0.1) is 11.6 Å². The number of carbonyl (C=O) groups excluding carboxylic acids is 1. The fourth-order valence-electron chi connectivity index (χ4n) is 1.06. The number of amides is 1. The molecule has 0 bridgehead atoms. The number of rotatable bonds is 2. The molecule has 1 aromatic rings. The molecule has 1 N–H and O–H groups in total. The molecule has 1 aromatic carbocycles. The summed E-state index contributed by atoms with van der Waals surface area (Å²) >= 11 is 0. The summed E-state index contributed by atoms with van der Waals surface area (Å²) in [6, 6.07) is 8.94. The summed E-state index contributed by atoms with van der Waals surface area (Å²) in [6.07, 6.45) is 0. The Balaban J connectivity index is 2.91. The van der Waals surface area contributed by atoms with E-state index in [0.717, 1.165) is 5.56 Å². The summed E-state index contributed by atoms with van der Waals surface area (Å²) in [4.78, 5) is 10.7.